The van der Waals surface area contributed by atoms with Gasteiger partial charge >= 0.3 is 18.0 Å². The first-order chi connectivity index (χ1) is 9.93. The Morgan fingerprint density at radius 1 is 1.33 bits per heavy atom. The molecule has 1 atom stereocenters. The summed E-state index contributed by atoms with van der Waals surface area (Å²) in [5.41, 5.74) is 0. The van der Waals surface area contributed by atoms with E-state index in [1.165, 1.54) is 7.11 Å². The summed E-state index contributed by atoms with van der Waals surface area (Å²) in [6, 6.07) is -0.212. The molecule has 1 aliphatic heterocycles. The minimum atomic E-state index is -0.821. The Kier molecular flexibility index (Phi) is 6.98. The molecule has 0 bridgehead atoms. The molecule has 21 heavy (non-hydrogen) atoms. The van der Waals surface area contributed by atoms with E-state index in [4.69, 9.17) is 9.84 Å². The van der Waals surface area contributed by atoms with Gasteiger partial charge in [-0.15, -0.1) is 0 Å². The number of likely N-dealkylation sites (tertiary alicyclic amines) is 1. The topological polar surface area (TPSA) is 95.9 Å². The first-order valence-electron chi connectivity index (χ1n) is 7.29. The van der Waals surface area contributed by atoms with Crippen LogP contribution in [0.3, 0.4) is 0 Å². The molecule has 0 aromatic heterocycles. The molecule has 1 heterocycles. The quantitative estimate of drug-likeness (QED) is 0.719. The van der Waals surface area contributed by atoms with E-state index in [9.17, 15) is 14.4 Å². The van der Waals surface area contributed by atoms with Gasteiger partial charge in [0.25, 0.3) is 0 Å². The fourth-order valence-electron chi connectivity index (χ4n) is 2.42. The van der Waals surface area contributed by atoms with Crippen LogP contribution in [0.2, 0.25) is 0 Å². The van der Waals surface area contributed by atoms with Gasteiger partial charge in [0.15, 0.2) is 0 Å². The highest BCUT2D eigenvalue weighted by Crippen LogP contribution is 2.18. The van der Waals surface area contributed by atoms with Crippen LogP contribution in [-0.2, 0) is 14.3 Å². The van der Waals surface area contributed by atoms with E-state index in [0.29, 0.717) is 38.8 Å². The van der Waals surface area contributed by atoms with E-state index in [-0.39, 0.29) is 30.4 Å². The maximum atomic E-state index is 12.0. The van der Waals surface area contributed by atoms with Crippen molar-refractivity contribution in [3.63, 3.8) is 0 Å². The van der Waals surface area contributed by atoms with E-state index in [1.807, 2.05) is 6.92 Å². The van der Waals surface area contributed by atoms with Gasteiger partial charge in [-0.3, -0.25) is 9.59 Å². The van der Waals surface area contributed by atoms with Crippen molar-refractivity contribution in [2.45, 2.75) is 45.1 Å². The lowest BCUT2D eigenvalue weighted by Gasteiger charge is -2.31. The number of carboxylic acids is 1. The number of hydrogen-bond donors (Lipinski definition) is 2. The number of hydrogen-bond acceptors (Lipinski definition) is 4. The van der Waals surface area contributed by atoms with Crippen LogP contribution in [0, 0.1) is 5.92 Å². The van der Waals surface area contributed by atoms with Crippen molar-refractivity contribution in [1.82, 2.24) is 10.2 Å². The lowest BCUT2D eigenvalue weighted by molar-refractivity contribution is -0.146. The smallest absolute Gasteiger partial charge is 0.317 e. The first-order valence-corrected chi connectivity index (χ1v) is 7.29. The second-order valence-electron chi connectivity index (χ2n) is 5.42. The summed E-state index contributed by atoms with van der Waals surface area (Å²) in [6.45, 7) is 2.93. The van der Waals surface area contributed by atoms with Crippen molar-refractivity contribution < 1.29 is 24.2 Å². The molecular weight excluding hydrogens is 276 g/mol. The summed E-state index contributed by atoms with van der Waals surface area (Å²) in [5, 5.41) is 11.4. The molecule has 7 nitrogen and oxygen atoms in total. The molecule has 0 aromatic rings. The molecule has 1 fully saturated rings. The van der Waals surface area contributed by atoms with Crippen LogP contribution in [0.5, 0.6) is 0 Å². The molecule has 0 radical (unpaired) electrons. The number of nitrogens with one attached hydrogen (secondary N) is 1. The van der Waals surface area contributed by atoms with Crippen LogP contribution in [0.1, 0.15) is 39.0 Å². The molecule has 7 heteroatoms. The van der Waals surface area contributed by atoms with E-state index in [2.05, 4.69) is 5.32 Å². The third kappa shape index (κ3) is 6.01. The second-order valence-corrected chi connectivity index (χ2v) is 5.42. The summed E-state index contributed by atoms with van der Waals surface area (Å²) in [7, 11) is 1.38. The Hall–Kier alpha value is -1.79. The Bertz CT molecular complexity index is 378. The standard InChI is InChI=1S/C14H24N2O5/c1-10(4-3-5-12(17)18)15-14(20)16-8-6-11(7-9-16)13(19)21-2/h10-11H,3-9H2,1-2H3,(H,15,20)(H,17,18). The van der Waals surface area contributed by atoms with Crippen LogP contribution >= 0.6 is 0 Å². The Morgan fingerprint density at radius 3 is 2.48 bits per heavy atom. The van der Waals surface area contributed by atoms with Crippen LogP contribution in [0.4, 0.5) is 4.79 Å². The fraction of sp³-hybridized carbons (Fsp3) is 0.786. The fourth-order valence-corrected chi connectivity index (χ4v) is 2.42. The lowest BCUT2D eigenvalue weighted by atomic mass is 9.97. The number of carbonyl (C=O) groups excluding carboxylic acids is 2. The van der Waals surface area contributed by atoms with Gasteiger partial charge in [0.1, 0.15) is 0 Å². The molecule has 1 saturated heterocycles. The number of amides is 2. The third-order valence-corrected chi connectivity index (χ3v) is 3.71. The SMILES string of the molecule is COC(=O)C1CCN(C(=O)NC(C)CCCC(=O)O)CC1. The van der Waals surface area contributed by atoms with Crippen molar-refractivity contribution in [3.8, 4) is 0 Å². The highest BCUT2D eigenvalue weighted by atomic mass is 16.5. The Balaban J connectivity index is 2.27. The number of ether oxygens (including phenoxy) is 1. The number of methoxy groups -OCH3 is 1. The normalized spacial score (nSPS) is 17.1. The minimum Gasteiger partial charge on any atom is -0.481 e. The summed E-state index contributed by atoms with van der Waals surface area (Å²) in [4.78, 5) is 35.6. The summed E-state index contributed by atoms with van der Waals surface area (Å²) < 4.78 is 4.71. The van der Waals surface area contributed by atoms with Gasteiger partial charge in [-0.05, 0) is 32.6 Å². The predicted octanol–water partition coefficient (Wildman–Crippen LogP) is 1.22. The van der Waals surface area contributed by atoms with Crippen LogP contribution < -0.4 is 5.32 Å². The Morgan fingerprint density at radius 2 is 1.95 bits per heavy atom. The van der Waals surface area contributed by atoms with E-state index >= 15 is 0 Å². The average Bonchev–Trinajstić information content (AvgIpc) is 2.46. The van der Waals surface area contributed by atoms with Crippen molar-refractivity contribution in [3.05, 3.63) is 0 Å². The number of aliphatic carboxylic acids is 1. The maximum absolute atomic E-state index is 12.0. The highest BCUT2D eigenvalue weighted by molar-refractivity contribution is 5.76. The van der Waals surface area contributed by atoms with Gasteiger partial charge < -0.3 is 20.1 Å². The number of urea groups is 1. The van der Waals surface area contributed by atoms with Crippen LogP contribution in [0.25, 0.3) is 0 Å². The Labute approximate surface area is 124 Å². The highest BCUT2D eigenvalue weighted by Gasteiger charge is 2.28. The van der Waals surface area contributed by atoms with Gasteiger partial charge in [-0.25, -0.2) is 4.79 Å². The number of carboxylic acid groups (broad SMARTS) is 1. The lowest BCUT2D eigenvalue weighted by Crippen LogP contribution is -2.48. The van der Waals surface area contributed by atoms with Crippen LogP contribution in [0.15, 0.2) is 0 Å². The van der Waals surface area contributed by atoms with Crippen molar-refractivity contribution in [1.29, 1.82) is 0 Å². The van der Waals surface area contributed by atoms with Crippen molar-refractivity contribution in [2.75, 3.05) is 20.2 Å². The molecule has 0 aromatic carbocycles. The third-order valence-electron chi connectivity index (χ3n) is 3.71. The minimum absolute atomic E-state index is 0.0600. The molecule has 1 aliphatic rings. The number of rotatable bonds is 6. The summed E-state index contributed by atoms with van der Waals surface area (Å²) in [6.07, 6.45) is 2.53. The molecule has 1 rings (SSSR count). The molecule has 2 amide bonds. The second kappa shape index (κ2) is 8.49. The zero-order valence-electron chi connectivity index (χ0n) is 12.6. The van der Waals surface area contributed by atoms with Gasteiger partial charge in [-0.2, -0.15) is 0 Å². The molecular formula is C14H24N2O5. The summed E-state index contributed by atoms with van der Waals surface area (Å²) in [5.74, 6) is -1.15. The first kappa shape index (κ1) is 17.3. The molecule has 0 saturated carbocycles. The van der Waals surface area contributed by atoms with E-state index in [0.717, 1.165) is 0 Å². The van der Waals surface area contributed by atoms with Gasteiger partial charge in [0.2, 0.25) is 0 Å². The van der Waals surface area contributed by atoms with Crippen LogP contribution in [-0.4, -0.2) is 54.2 Å². The van der Waals surface area contributed by atoms with Crippen molar-refractivity contribution >= 4 is 18.0 Å². The van der Waals surface area contributed by atoms with E-state index < -0.39 is 5.97 Å². The number of carbonyl (C=O) groups is 3. The van der Waals surface area contributed by atoms with Gasteiger partial charge in [-0.1, -0.05) is 0 Å². The number of piperidine rings is 1. The summed E-state index contributed by atoms with van der Waals surface area (Å²) >= 11 is 0. The predicted molar refractivity (Wildman–Crippen MR) is 75.8 cm³/mol. The van der Waals surface area contributed by atoms with E-state index in [1.54, 1.807) is 4.90 Å². The number of nitrogens with zero attached hydrogens (tertiary/aromatic N) is 1. The number of esters is 1. The monoisotopic (exact) mass is 300 g/mol. The van der Waals surface area contributed by atoms with Gasteiger partial charge in [0, 0.05) is 25.6 Å². The van der Waals surface area contributed by atoms with Gasteiger partial charge in [0.05, 0.1) is 13.0 Å². The zero-order valence-corrected chi connectivity index (χ0v) is 12.6. The zero-order chi connectivity index (χ0) is 15.8. The molecule has 0 aliphatic carbocycles. The largest absolute Gasteiger partial charge is 0.481 e. The molecule has 1 unspecified atom stereocenters. The van der Waals surface area contributed by atoms with Crippen molar-refractivity contribution in [2.24, 2.45) is 5.92 Å². The maximum Gasteiger partial charge on any atom is 0.317 e. The molecule has 120 valence electrons. The molecule has 0 spiro atoms. The average molecular weight is 300 g/mol. The molecule has 2 N–H and O–H groups in total.